The third-order valence-corrected chi connectivity index (χ3v) is 4.30. The number of fused-ring (bicyclic) bond motifs is 3. The maximum Gasteiger partial charge on any atom is 0.0268 e. The highest BCUT2D eigenvalue weighted by Gasteiger charge is 2.37. The summed E-state index contributed by atoms with van der Waals surface area (Å²) in [6, 6.07) is 0.908. The lowest BCUT2D eigenvalue weighted by molar-refractivity contribution is 0.0835. The van der Waals surface area contributed by atoms with E-state index in [-0.39, 0.29) is 0 Å². The molecule has 3 rings (SSSR count). The number of nitrogens with zero attached hydrogens (tertiary/aromatic N) is 1. The van der Waals surface area contributed by atoms with Crippen molar-refractivity contribution in [3.63, 3.8) is 0 Å². The minimum atomic E-state index is 0.908. The SMILES string of the molecule is CN1CC2CCC1C(I)C2. The van der Waals surface area contributed by atoms with E-state index in [4.69, 9.17) is 0 Å². The fourth-order valence-corrected chi connectivity index (χ4v) is 4.01. The second-order valence-electron chi connectivity index (χ2n) is 3.70. The first-order valence-corrected chi connectivity index (χ1v) is 5.36. The van der Waals surface area contributed by atoms with Gasteiger partial charge in [0.2, 0.25) is 0 Å². The highest BCUT2D eigenvalue weighted by Crippen LogP contribution is 2.37. The predicted octanol–water partition coefficient (Wildman–Crippen LogP) is 1.90. The van der Waals surface area contributed by atoms with Gasteiger partial charge in [0.05, 0.1) is 0 Å². The van der Waals surface area contributed by atoms with Gasteiger partial charge in [0.25, 0.3) is 0 Å². The standard InChI is InChI=1S/C8H14IN/c1-10-5-6-2-3-8(10)7(9)4-6/h6-8H,2-5H2,1H3. The molecule has 2 saturated heterocycles. The molecule has 3 fully saturated rings. The summed E-state index contributed by atoms with van der Waals surface area (Å²) in [7, 11) is 2.28. The molecule has 0 N–H and O–H groups in total. The zero-order valence-electron chi connectivity index (χ0n) is 6.39. The number of hydrogen-bond donors (Lipinski definition) is 0. The van der Waals surface area contributed by atoms with Gasteiger partial charge in [-0.1, -0.05) is 22.6 Å². The summed E-state index contributed by atoms with van der Waals surface area (Å²) in [6.07, 6.45) is 4.43. The van der Waals surface area contributed by atoms with E-state index >= 15 is 0 Å². The van der Waals surface area contributed by atoms with Gasteiger partial charge in [-0.3, -0.25) is 0 Å². The second kappa shape index (κ2) is 2.63. The fourth-order valence-electron chi connectivity index (χ4n) is 2.39. The Morgan fingerprint density at radius 1 is 1.40 bits per heavy atom. The lowest BCUT2D eigenvalue weighted by Gasteiger charge is -2.46. The van der Waals surface area contributed by atoms with Crippen LogP contribution in [0.25, 0.3) is 0 Å². The molecule has 2 heterocycles. The average Bonchev–Trinajstić information content (AvgIpc) is 1.86. The molecule has 3 unspecified atom stereocenters. The van der Waals surface area contributed by atoms with Crippen LogP contribution < -0.4 is 0 Å². The molecule has 0 amide bonds. The molecule has 3 aliphatic rings. The number of halogens is 1. The summed E-state index contributed by atoms with van der Waals surface area (Å²) >= 11 is 2.62. The van der Waals surface area contributed by atoms with Crippen LogP contribution in [0, 0.1) is 5.92 Å². The van der Waals surface area contributed by atoms with Crippen molar-refractivity contribution in [1.82, 2.24) is 4.90 Å². The minimum absolute atomic E-state index is 0.908. The van der Waals surface area contributed by atoms with Crippen molar-refractivity contribution in [2.45, 2.75) is 29.2 Å². The quantitative estimate of drug-likeness (QED) is 0.469. The fraction of sp³-hybridized carbons (Fsp3) is 1.00. The molecule has 2 aliphatic heterocycles. The molecule has 2 heteroatoms. The molecular formula is C8H14IN. The summed E-state index contributed by atoms with van der Waals surface area (Å²) in [5.41, 5.74) is 0. The normalized spacial score (nSPS) is 48.0. The van der Waals surface area contributed by atoms with Crippen LogP contribution in [0.2, 0.25) is 0 Å². The number of piperidine rings is 2. The molecule has 2 bridgehead atoms. The van der Waals surface area contributed by atoms with E-state index in [2.05, 4.69) is 34.5 Å². The number of rotatable bonds is 0. The molecule has 0 aromatic rings. The van der Waals surface area contributed by atoms with Gasteiger partial charge in [0.1, 0.15) is 0 Å². The van der Waals surface area contributed by atoms with E-state index in [0.29, 0.717) is 0 Å². The monoisotopic (exact) mass is 251 g/mol. The second-order valence-corrected chi connectivity index (χ2v) is 5.30. The number of alkyl halides is 1. The van der Waals surface area contributed by atoms with Crippen molar-refractivity contribution in [2.75, 3.05) is 13.6 Å². The van der Waals surface area contributed by atoms with Crippen LogP contribution in [0.5, 0.6) is 0 Å². The molecule has 0 aromatic carbocycles. The van der Waals surface area contributed by atoms with E-state index in [1.54, 1.807) is 0 Å². The van der Waals surface area contributed by atoms with Crippen molar-refractivity contribution >= 4 is 22.6 Å². The molecule has 0 aromatic heterocycles. The van der Waals surface area contributed by atoms with Gasteiger partial charge in [-0.25, -0.2) is 0 Å². The van der Waals surface area contributed by atoms with Crippen molar-refractivity contribution in [1.29, 1.82) is 0 Å². The maximum atomic E-state index is 2.62. The van der Waals surface area contributed by atoms with Gasteiger partial charge in [-0.2, -0.15) is 0 Å². The molecule has 1 nitrogen and oxygen atoms in total. The zero-order valence-corrected chi connectivity index (χ0v) is 8.54. The summed E-state index contributed by atoms with van der Waals surface area (Å²) in [5, 5.41) is 0. The van der Waals surface area contributed by atoms with Crippen LogP contribution in [0.15, 0.2) is 0 Å². The van der Waals surface area contributed by atoms with Crippen LogP contribution in [0.1, 0.15) is 19.3 Å². The summed E-state index contributed by atoms with van der Waals surface area (Å²) in [5.74, 6) is 1.02. The predicted molar refractivity (Wildman–Crippen MR) is 51.6 cm³/mol. The molecule has 1 saturated carbocycles. The first-order valence-electron chi connectivity index (χ1n) is 4.11. The van der Waals surface area contributed by atoms with Gasteiger partial charge < -0.3 is 4.90 Å². The third-order valence-electron chi connectivity index (χ3n) is 2.96. The molecule has 10 heavy (non-hydrogen) atoms. The first-order chi connectivity index (χ1) is 4.77. The summed E-state index contributed by atoms with van der Waals surface area (Å²) in [4.78, 5) is 2.55. The van der Waals surface area contributed by atoms with Gasteiger partial charge in [0.15, 0.2) is 0 Å². The van der Waals surface area contributed by atoms with Crippen LogP contribution in [0.4, 0.5) is 0 Å². The smallest absolute Gasteiger partial charge is 0.0268 e. The Balaban J connectivity index is 2.11. The van der Waals surface area contributed by atoms with E-state index in [0.717, 1.165) is 15.9 Å². The summed E-state index contributed by atoms with van der Waals surface area (Å²) in [6.45, 7) is 1.37. The molecular weight excluding hydrogens is 237 g/mol. The van der Waals surface area contributed by atoms with E-state index < -0.39 is 0 Å². The first kappa shape index (κ1) is 7.35. The Hall–Kier alpha value is 0.690. The average molecular weight is 251 g/mol. The van der Waals surface area contributed by atoms with Crippen molar-refractivity contribution in [3.8, 4) is 0 Å². The summed E-state index contributed by atoms with van der Waals surface area (Å²) < 4.78 is 0.940. The highest BCUT2D eigenvalue weighted by atomic mass is 127. The largest absolute Gasteiger partial charge is 0.302 e. The van der Waals surface area contributed by atoms with Crippen molar-refractivity contribution in [2.24, 2.45) is 5.92 Å². The van der Waals surface area contributed by atoms with Gasteiger partial charge >= 0.3 is 0 Å². The molecule has 58 valence electrons. The Bertz CT molecular complexity index is 125. The molecule has 0 spiro atoms. The van der Waals surface area contributed by atoms with Crippen molar-refractivity contribution < 1.29 is 0 Å². The Labute approximate surface area is 76.3 Å². The number of hydrogen-bond acceptors (Lipinski definition) is 1. The Morgan fingerprint density at radius 2 is 2.20 bits per heavy atom. The molecule has 1 aliphatic carbocycles. The van der Waals surface area contributed by atoms with Crippen LogP contribution >= 0.6 is 22.6 Å². The minimum Gasteiger partial charge on any atom is -0.302 e. The topological polar surface area (TPSA) is 3.24 Å². The third kappa shape index (κ3) is 1.09. The Kier molecular flexibility index (Phi) is 1.93. The zero-order chi connectivity index (χ0) is 7.14. The lowest BCUT2D eigenvalue weighted by atomic mass is 9.80. The highest BCUT2D eigenvalue weighted by molar-refractivity contribution is 14.1. The van der Waals surface area contributed by atoms with E-state index in [1.165, 1.54) is 25.8 Å². The van der Waals surface area contributed by atoms with Gasteiger partial charge in [-0.15, -0.1) is 0 Å². The van der Waals surface area contributed by atoms with Crippen LogP contribution in [-0.2, 0) is 0 Å². The van der Waals surface area contributed by atoms with Crippen LogP contribution in [0.3, 0.4) is 0 Å². The van der Waals surface area contributed by atoms with Gasteiger partial charge in [-0.05, 0) is 32.2 Å². The van der Waals surface area contributed by atoms with Crippen LogP contribution in [-0.4, -0.2) is 28.5 Å². The lowest BCUT2D eigenvalue weighted by Crippen LogP contribution is -2.51. The van der Waals surface area contributed by atoms with Gasteiger partial charge in [0, 0.05) is 16.5 Å². The Morgan fingerprint density at radius 3 is 2.60 bits per heavy atom. The van der Waals surface area contributed by atoms with E-state index in [9.17, 15) is 0 Å². The van der Waals surface area contributed by atoms with E-state index in [1.807, 2.05) is 0 Å². The maximum absolute atomic E-state index is 2.62. The van der Waals surface area contributed by atoms with Crippen molar-refractivity contribution in [3.05, 3.63) is 0 Å². The molecule has 3 atom stereocenters. The molecule has 0 radical (unpaired) electrons.